The number of hydrogen-bond donors (Lipinski definition) is 1. The summed E-state index contributed by atoms with van der Waals surface area (Å²) in [7, 11) is 1.82. The van der Waals surface area contributed by atoms with Gasteiger partial charge < -0.3 is 19.9 Å². The molecule has 1 amide bonds. The number of likely N-dealkylation sites (N-methyl/N-ethyl adjacent to an activating group) is 1. The van der Waals surface area contributed by atoms with Crippen LogP contribution in [-0.2, 0) is 16.0 Å². The molecule has 1 fully saturated rings. The second-order valence-electron chi connectivity index (χ2n) is 6.47. The summed E-state index contributed by atoms with van der Waals surface area (Å²) in [6.07, 6.45) is 2.86. The number of rotatable bonds is 7. The number of benzene rings is 1. The molecule has 0 saturated carbocycles. The van der Waals surface area contributed by atoms with E-state index in [0.29, 0.717) is 13.1 Å². The number of nitrogens with two attached hydrogens (primary N) is 1. The second kappa shape index (κ2) is 8.27. The fraction of sp³-hybridized carbons (Fsp3) is 0.474. The van der Waals surface area contributed by atoms with E-state index >= 15 is 0 Å². The van der Waals surface area contributed by atoms with Crippen molar-refractivity contribution >= 4 is 5.91 Å². The largest absolute Gasteiger partial charge is 0.364 e. The van der Waals surface area contributed by atoms with Crippen molar-refractivity contribution in [2.24, 2.45) is 5.73 Å². The number of ether oxygens (including phenoxy) is 1. The molecule has 6 nitrogen and oxygen atoms in total. The first-order chi connectivity index (χ1) is 12.2. The van der Waals surface area contributed by atoms with Gasteiger partial charge in [-0.1, -0.05) is 35.5 Å². The van der Waals surface area contributed by atoms with Crippen molar-refractivity contribution in [1.82, 2.24) is 10.1 Å². The lowest BCUT2D eigenvalue weighted by Gasteiger charge is -2.21. The van der Waals surface area contributed by atoms with E-state index in [0.717, 1.165) is 42.7 Å². The molecule has 25 heavy (non-hydrogen) atoms. The lowest BCUT2D eigenvalue weighted by atomic mass is 10.1. The van der Waals surface area contributed by atoms with E-state index in [4.69, 9.17) is 15.0 Å². The summed E-state index contributed by atoms with van der Waals surface area (Å²) >= 11 is 0. The average Bonchev–Trinajstić information content (AvgIpc) is 3.31. The molecular formula is C19H25N3O3. The molecule has 0 bridgehead atoms. The Morgan fingerprint density at radius 1 is 1.32 bits per heavy atom. The van der Waals surface area contributed by atoms with Gasteiger partial charge >= 0.3 is 0 Å². The van der Waals surface area contributed by atoms with Crippen molar-refractivity contribution in [2.75, 3.05) is 20.1 Å². The van der Waals surface area contributed by atoms with Gasteiger partial charge in [0.15, 0.2) is 0 Å². The Kier molecular flexibility index (Phi) is 5.83. The van der Waals surface area contributed by atoms with E-state index in [1.165, 1.54) is 0 Å². The Morgan fingerprint density at radius 2 is 2.12 bits per heavy atom. The lowest BCUT2D eigenvalue weighted by molar-refractivity contribution is -0.141. The predicted octanol–water partition coefficient (Wildman–Crippen LogP) is 2.24. The Labute approximate surface area is 147 Å². The minimum absolute atomic E-state index is 0.0213. The molecule has 2 aromatic rings. The van der Waals surface area contributed by atoms with E-state index < -0.39 is 0 Å². The van der Waals surface area contributed by atoms with Gasteiger partial charge in [-0.3, -0.25) is 4.79 Å². The number of aryl methyl sites for hydroxylation is 1. The van der Waals surface area contributed by atoms with Crippen LogP contribution >= 0.6 is 0 Å². The van der Waals surface area contributed by atoms with Crippen molar-refractivity contribution in [1.29, 1.82) is 0 Å². The van der Waals surface area contributed by atoms with Crippen LogP contribution in [0, 0.1) is 0 Å². The highest BCUT2D eigenvalue weighted by molar-refractivity contribution is 5.80. The Bertz CT molecular complexity index is 686. The molecule has 0 aliphatic carbocycles. The minimum Gasteiger partial charge on any atom is -0.364 e. The summed E-state index contributed by atoms with van der Waals surface area (Å²) in [5.74, 6) is 0.874. The zero-order chi connectivity index (χ0) is 17.6. The molecule has 0 spiro atoms. The summed E-state index contributed by atoms with van der Waals surface area (Å²) in [5, 5.41) is 4.11. The molecule has 3 rings (SSSR count). The predicted molar refractivity (Wildman–Crippen MR) is 94.8 cm³/mol. The van der Waals surface area contributed by atoms with Gasteiger partial charge in [0.05, 0.1) is 6.10 Å². The van der Waals surface area contributed by atoms with Crippen LogP contribution in [0.25, 0.3) is 11.3 Å². The fourth-order valence-electron chi connectivity index (χ4n) is 3.08. The normalized spacial score (nSPS) is 19.9. The number of carbonyl (C=O) groups is 1. The van der Waals surface area contributed by atoms with Gasteiger partial charge in [-0.25, -0.2) is 0 Å². The van der Waals surface area contributed by atoms with Gasteiger partial charge in [0.2, 0.25) is 0 Å². The number of hydrogen-bond acceptors (Lipinski definition) is 5. The molecule has 134 valence electrons. The summed E-state index contributed by atoms with van der Waals surface area (Å²) in [6.45, 7) is 1.14. The van der Waals surface area contributed by atoms with Crippen LogP contribution < -0.4 is 5.73 Å². The SMILES string of the molecule is CN(CCCc1cc(-c2ccccc2)no1)C(=O)[C@@H]1CC[C@H](CN)O1. The number of aromatic nitrogens is 1. The summed E-state index contributed by atoms with van der Waals surface area (Å²) < 4.78 is 11.1. The molecule has 2 atom stereocenters. The van der Waals surface area contributed by atoms with Crippen molar-refractivity contribution in [3.63, 3.8) is 0 Å². The highest BCUT2D eigenvalue weighted by Crippen LogP contribution is 2.21. The van der Waals surface area contributed by atoms with Gasteiger partial charge in [0.25, 0.3) is 5.91 Å². The molecule has 0 radical (unpaired) electrons. The maximum Gasteiger partial charge on any atom is 0.251 e. The van der Waals surface area contributed by atoms with E-state index in [1.807, 2.05) is 43.4 Å². The second-order valence-corrected chi connectivity index (χ2v) is 6.47. The van der Waals surface area contributed by atoms with Crippen LogP contribution in [0.4, 0.5) is 0 Å². The Morgan fingerprint density at radius 3 is 2.84 bits per heavy atom. The molecule has 1 aromatic carbocycles. The third-order valence-electron chi connectivity index (χ3n) is 4.57. The summed E-state index contributed by atoms with van der Waals surface area (Å²) in [6, 6.07) is 11.9. The van der Waals surface area contributed by atoms with Gasteiger partial charge in [-0.05, 0) is 19.3 Å². The smallest absolute Gasteiger partial charge is 0.251 e. The van der Waals surface area contributed by atoms with Crippen LogP contribution in [0.2, 0.25) is 0 Å². The molecular weight excluding hydrogens is 318 g/mol. The number of amides is 1. The van der Waals surface area contributed by atoms with E-state index in [-0.39, 0.29) is 18.1 Å². The maximum atomic E-state index is 12.4. The fourth-order valence-corrected chi connectivity index (χ4v) is 3.08. The quantitative estimate of drug-likeness (QED) is 0.834. The molecule has 6 heteroatoms. The molecule has 1 aliphatic heterocycles. The van der Waals surface area contributed by atoms with Crippen LogP contribution in [0.1, 0.15) is 25.0 Å². The maximum absolute atomic E-state index is 12.4. The first-order valence-corrected chi connectivity index (χ1v) is 8.79. The third kappa shape index (κ3) is 4.46. The number of carbonyl (C=O) groups excluding carboxylic acids is 1. The van der Waals surface area contributed by atoms with Crippen molar-refractivity contribution in [2.45, 2.75) is 37.9 Å². The lowest BCUT2D eigenvalue weighted by Crippen LogP contribution is -2.37. The van der Waals surface area contributed by atoms with Crippen LogP contribution in [-0.4, -0.2) is 48.3 Å². The standard InChI is InChI=1S/C19H25N3O3/c1-22(19(23)18-10-9-16(13-20)24-18)11-5-8-15-12-17(21-25-15)14-6-3-2-4-7-14/h2-4,6-7,12,16,18H,5,8-11,13,20H2,1H3/t16-,18+/m1/s1. The van der Waals surface area contributed by atoms with Crippen LogP contribution in [0.5, 0.6) is 0 Å². The zero-order valence-corrected chi connectivity index (χ0v) is 14.6. The highest BCUT2D eigenvalue weighted by atomic mass is 16.5. The topological polar surface area (TPSA) is 81.6 Å². The Hall–Kier alpha value is -2.18. The number of nitrogens with zero attached hydrogens (tertiary/aromatic N) is 2. The monoisotopic (exact) mass is 343 g/mol. The average molecular weight is 343 g/mol. The molecule has 1 aromatic heterocycles. The summed E-state index contributed by atoms with van der Waals surface area (Å²) in [5.41, 5.74) is 7.47. The first-order valence-electron chi connectivity index (χ1n) is 8.79. The first kappa shape index (κ1) is 17.6. The van der Waals surface area contributed by atoms with Crippen LogP contribution in [0.15, 0.2) is 40.9 Å². The van der Waals surface area contributed by atoms with Crippen LogP contribution in [0.3, 0.4) is 0 Å². The van der Waals surface area contributed by atoms with Gasteiger partial charge in [0, 0.05) is 38.2 Å². The molecule has 2 heterocycles. The van der Waals surface area contributed by atoms with Crippen molar-refractivity contribution in [3.05, 3.63) is 42.2 Å². The molecule has 1 saturated heterocycles. The Balaban J connectivity index is 1.45. The zero-order valence-electron chi connectivity index (χ0n) is 14.6. The molecule has 1 aliphatic rings. The van der Waals surface area contributed by atoms with Gasteiger partial charge in [-0.15, -0.1) is 0 Å². The highest BCUT2D eigenvalue weighted by Gasteiger charge is 2.31. The molecule has 2 N–H and O–H groups in total. The third-order valence-corrected chi connectivity index (χ3v) is 4.57. The van der Waals surface area contributed by atoms with Gasteiger partial charge in [-0.2, -0.15) is 0 Å². The van der Waals surface area contributed by atoms with E-state index in [1.54, 1.807) is 4.90 Å². The van der Waals surface area contributed by atoms with E-state index in [2.05, 4.69) is 5.16 Å². The molecule has 0 unspecified atom stereocenters. The van der Waals surface area contributed by atoms with Crippen molar-refractivity contribution in [3.8, 4) is 11.3 Å². The van der Waals surface area contributed by atoms with Crippen molar-refractivity contribution < 1.29 is 14.1 Å². The van der Waals surface area contributed by atoms with Gasteiger partial charge in [0.1, 0.15) is 17.6 Å². The minimum atomic E-state index is -0.339. The van der Waals surface area contributed by atoms with E-state index in [9.17, 15) is 4.79 Å². The summed E-state index contributed by atoms with van der Waals surface area (Å²) in [4.78, 5) is 14.1.